The molecule has 0 radical (unpaired) electrons. The van der Waals surface area contributed by atoms with Gasteiger partial charge < -0.3 is 9.80 Å². The summed E-state index contributed by atoms with van der Waals surface area (Å²) in [6.07, 6.45) is 2.18. The zero-order valence-electron chi connectivity index (χ0n) is 12.9. The van der Waals surface area contributed by atoms with E-state index in [1.165, 1.54) is 22.5 Å². The lowest BCUT2D eigenvalue weighted by Gasteiger charge is -2.13. The van der Waals surface area contributed by atoms with E-state index < -0.39 is 0 Å². The number of rotatable bonds is 5. The molecular weight excluding hydrogens is 244 g/mol. The Morgan fingerprint density at radius 2 is 0.850 bits per heavy atom. The summed E-state index contributed by atoms with van der Waals surface area (Å²) in [7, 11) is 8.28. The zero-order valence-corrected chi connectivity index (χ0v) is 12.9. The normalized spacial score (nSPS) is 10.4. The molecule has 0 heterocycles. The Hall–Kier alpha value is -1.96. The number of anilines is 2. The highest BCUT2D eigenvalue weighted by Crippen LogP contribution is 2.16. The first-order valence-corrected chi connectivity index (χ1v) is 7.09. The SMILES string of the molecule is CN(C)c1ccc(CCc2ccc(N(C)C)cc2)cc1. The van der Waals surface area contributed by atoms with Crippen LogP contribution in [0, 0.1) is 0 Å². The van der Waals surface area contributed by atoms with Gasteiger partial charge in [0.25, 0.3) is 0 Å². The van der Waals surface area contributed by atoms with Crippen molar-refractivity contribution in [2.75, 3.05) is 38.0 Å². The minimum Gasteiger partial charge on any atom is -0.378 e. The van der Waals surface area contributed by atoms with E-state index in [4.69, 9.17) is 0 Å². The van der Waals surface area contributed by atoms with Crippen molar-refractivity contribution in [3.05, 3.63) is 59.7 Å². The van der Waals surface area contributed by atoms with E-state index in [0.717, 1.165) is 12.8 Å². The smallest absolute Gasteiger partial charge is 0.0361 e. The second kappa shape index (κ2) is 6.47. The lowest BCUT2D eigenvalue weighted by molar-refractivity contribution is 0.957. The standard InChI is InChI=1S/C18H24N2/c1-19(2)17-11-7-15(8-12-17)5-6-16-9-13-18(14-10-16)20(3)4/h7-14H,5-6H2,1-4H3. The summed E-state index contributed by atoms with van der Waals surface area (Å²) in [5, 5.41) is 0. The van der Waals surface area contributed by atoms with E-state index in [9.17, 15) is 0 Å². The lowest BCUT2D eigenvalue weighted by atomic mass is 10.0. The molecular formula is C18H24N2. The van der Waals surface area contributed by atoms with Crippen LogP contribution in [0.15, 0.2) is 48.5 Å². The first-order valence-electron chi connectivity index (χ1n) is 7.09. The number of aryl methyl sites for hydroxylation is 2. The molecule has 106 valence electrons. The molecule has 0 aliphatic heterocycles. The molecule has 2 rings (SSSR count). The highest BCUT2D eigenvalue weighted by Gasteiger charge is 1.99. The Kier molecular flexibility index (Phi) is 4.67. The van der Waals surface area contributed by atoms with Crippen molar-refractivity contribution < 1.29 is 0 Å². The maximum atomic E-state index is 2.23. The van der Waals surface area contributed by atoms with E-state index in [1.54, 1.807) is 0 Å². The highest BCUT2D eigenvalue weighted by molar-refractivity contribution is 5.47. The van der Waals surface area contributed by atoms with E-state index in [-0.39, 0.29) is 0 Å². The molecule has 2 aromatic carbocycles. The van der Waals surface area contributed by atoms with E-state index in [1.807, 2.05) is 0 Å². The molecule has 0 unspecified atom stereocenters. The summed E-state index contributed by atoms with van der Waals surface area (Å²) in [5.74, 6) is 0. The predicted molar refractivity (Wildman–Crippen MR) is 88.9 cm³/mol. The molecule has 0 saturated heterocycles. The Labute approximate surface area is 122 Å². The molecule has 0 amide bonds. The van der Waals surface area contributed by atoms with Crippen LogP contribution in [0.25, 0.3) is 0 Å². The Bertz CT molecular complexity index is 473. The summed E-state index contributed by atoms with van der Waals surface area (Å²) in [6.45, 7) is 0. The largest absolute Gasteiger partial charge is 0.378 e. The van der Waals surface area contributed by atoms with Crippen LogP contribution in [0.4, 0.5) is 11.4 Å². The minimum atomic E-state index is 1.09. The molecule has 2 nitrogen and oxygen atoms in total. The summed E-state index contributed by atoms with van der Waals surface area (Å²) >= 11 is 0. The number of hydrogen-bond donors (Lipinski definition) is 0. The summed E-state index contributed by atoms with van der Waals surface area (Å²) in [6, 6.07) is 17.6. The third-order valence-corrected chi connectivity index (χ3v) is 3.61. The van der Waals surface area contributed by atoms with Crippen molar-refractivity contribution in [3.63, 3.8) is 0 Å². The molecule has 0 atom stereocenters. The van der Waals surface area contributed by atoms with Crippen LogP contribution in [-0.2, 0) is 12.8 Å². The molecule has 0 spiro atoms. The zero-order chi connectivity index (χ0) is 14.5. The average Bonchev–Trinajstić information content (AvgIpc) is 2.46. The molecule has 0 N–H and O–H groups in total. The minimum absolute atomic E-state index is 1.09. The fraction of sp³-hybridized carbons (Fsp3) is 0.333. The van der Waals surface area contributed by atoms with Crippen LogP contribution in [0.3, 0.4) is 0 Å². The molecule has 0 aliphatic carbocycles. The van der Waals surface area contributed by atoms with Gasteiger partial charge in [0.2, 0.25) is 0 Å². The van der Waals surface area contributed by atoms with Crippen molar-refractivity contribution in [2.24, 2.45) is 0 Å². The number of nitrogens with zero attached hydrogens (tertiary/aromatic N) is 2. The van der Waals surface area contributed by atoms with Crippen LogP contribution in [-0.4, -0.2) is 28.2 Å². The van der Waals surface area contributed by atoms with Gasteiger partial charge in [-0.1, -0.05) is 24.3 Å². The van der Waals surface area contributed by atoms with Gasteiger partial charge in [-0.25, -0.2) is 0 Å². The van der Waals surface area contributed by atoms with Crippen molar-refractivity contribution in [3.8, 4) is 0 Å². The maximum absolute atomic E-state index is 2.23. The van der Waals surface area contributed by atoms with E-state index in [2.05, 4.69) is 86.5 Å². The van der Waals surface area contributed by atoms with Gasteiger partial charge in [-0.05, 0) is 48.2 Å². The second-order valence-electron chi connectivity index (χ2n) is 5.62. The number of benzene rings is 2. The monoisotopic (exact) mass is 268 g/mol. The first-order chi connectivity index (χ1) is 9.56. The van der Waals surface area contributed by atoms with Gasteiger partial charge in [-0.2, -0.15) is 0 Å². The average molecular weight is 268 g/mol. The van der Waals surface area contributed by atoms with E-state index >= 15 is 0 Å². The summed E-state index contributed by atoms with van der Waals surface area (Å²) in [4.78, 5) is 4.26. The predicted octanol–water partition coefficient (Wildman–Crippen LogP) is 3.60. The topological polar surface area (TPSA) is 6.48 Å². The Balaban J connectivity index is 1.94. The van der Waals surface area contributed by atoms with Gasteiger partial charge in [0.1, 0.15) is 0 Å². The molecule has 0 bridgehead atoms. The summed E-state index contributed by atoms with van der Waals surface area (Å²) in [5.41, 5.74) is 5.30. The molecule has 0 saturated carbocycles. The van der Waals surface area contributed by atoms with Crippen LogP contribution < -0.4 is 9.80 Å². The van der Waals surface area contributed by atoms with Crippen LogP contribution in [0.1, 0.15) is 11.1 Å². The van der Waals surface area contributed by atoms with Gasteiger partial charge in [-0.3, -0.25) is 0 Å². The molecule has 0 fully saturated rings. The van der Waals surface area contributed by atoms with Gasteiger partial charge in [0, 0.05) is 39.6 Å². The first kappa shape index (κ1) is 14.4. The molecule has 0 aliphatic rings. The second-order valence-corrected chi connectivity index (χ2v) is 5.62. The fourth-order valence-electron chi connectivity index (χ4n) is 2.21. The van der Waals surface area contributed by atoms with Crippen LogP contribution in [0.5, 0.6) is 0 Å². The van der Waals surface area contributed by atoms with Gasteiger partial charge >= 0.3 is 0 Å². The van der Waals surface area contributed by atoms with Gasteiger partial charge in [0.15, 0.2) is 0 Å². The highest BCUT2D eigenvalue weighted by atomic mass is 15.1. The maximum Gasteiger partial charge on any atom is 0.0361 e. The van der Waals surface area contributed by atoms with Gasteiger partial charge in [-0.15, -0.1) is 0 Å². The van der Waals surface area contributed by atoms with Crippen LogP contribution >= 0.6 is 0 Å². The van der Waals surface area contributed by atoms with Gasteiger partial charge in [0.05, 0.1) is 0 Å². The molecule has 0 aromatic heterocycles. The lowest BCUT2D eigenvalue weighted by Crippen LogP contribution is -2.08. The third kappa shape index (κ3) is 3.77. The van der Waals surface area contributed by atoms with Crippen molar-refractivity contribution >= 4 is 11.4 Å². The van der Waals surface area contributed by atoms with Crippen LogP contribution in [0.2, 0.25) is 0 Å². The van der Waals surface area contributed by atoms with Crippen molar-refractivity contribution in [2.45, 2.75) is 12.8 Å². The quantitative estimate of drug-likeness (QED) is 0.817. The Morgan fingerprint density at radius 1 is 0.550 bits per heavy atom. The van der Waals surface area contributed by atoms with Crippen molar-refractivity contribution in [1.82, 2.24) is 0 Å². The van der Waals surface area contributed by atoms with E-state index in [0.29, 0.717) is 0 Å². The molecule has 20 heavy (non-hydrogen) atoms. The fourth-order valence-corrected chi connectivity index (χ4v) is 2.21. The number of hydrogen-bond acceptors (Lipinski definition) is 2. The summed E-state index contributed by atoms with van der Waals surface area (Å²) < 4.78 is 0. The van der Waals surface area contributed by atoms with Crippen molar-refractivity contribution in [1.29, 1.82) is 0 Å². The molecule has 2 aromatic rings. The third-order valence-electron chi connectivity index (χ3n) is 3.61. The Morgan fingerprint density at radius 3 is 1.10 bits per heavy atom. The molecule has 2 heteroatoms.